The summed E-state index contributed by atoms with van der Waals surface area (Å²) >= 11 is 0. The van der Waals surface area contributed by atoms with E-state index in [4.69, 9.17) is 18.8 Å². The molecule has 38 heavy (non-hydrogen) atoms. The van der Waals surface area contributed by atoms with Gasteiger partial charge in [0.25, 0.3) is 10.1 Å². The number of aliphatic hydroxyl groups excluding tert-OH is 3. The van der Waals surface area contributed by atoms with E-state index in [1.807, 2.05) is 0 Å². The lowest BCUT2D eigenvalue weighted by Crippen LogP contribution is -2.59. The highest BCUT2D eigenvalue weighted by molar-refractivity contribution is 7.85. The number of hydrogen-bond acceptors (Lipinski definition) is 9. The maximum atomic E-state index is 11.9. The first-order chi connectivity index (χ1) is 18.2. The lowest BCUT2D eigenvalue weighted by Gasteiger charge is -2.39. The smallest absolute Gasteiger partial charge is 0.305 e. The molecule has 0 saturated carbocycles. The van der Waals surface area contributed by atoms with Crippen molar-refractivity contribution < 1.29 is 47.3 Å². The highest BCUT2D eigenvalue weighted by atomic mass is 32.2. The van der Waals surface area contributed by atoms with E-state index < -0.39 is 46.6 Å². The Balaban J connectivity index is 2.00. The van der Waals surface area contributed by atoms with Crippen LogP contribution in [-0.4, -0.2) is 83.9 Å². The zero-order valence-corrected chi connectivity index (χ0v) is 23.7. The molecule has 1 heterocycles. The van der Waals surface area contributed by atoms with Gasteiger partial charge in [0.1, 0.15) is 30.2 Å². The van der Waals surface area contributed by atoms with Gasteiger partial charge in [0.2, 0.25) is 0 Å². The van der Waals surface area contributed by atoms with E-state index in [1.165, 1.54) is 51.4 Å². The highest BCUT2D eigenvalue weighted by Gasteiger charge is 2.45. The summed E-state index contributed by atoms with van der Waals surface area (Å²) in [5.74, 6) is -1.24. The minimum atomic E-state index is -4.48. The molecule has 0 unspecified atom stereocenters. The molecule has 11 heteroatoms. The average molecular weight is 567 g/mol. The Kier molecular flexibility index (Phi) is 19.1. The van der Waals surface area contributed by atoms with Gasteiger partial charge in [0.15, 0.2) is 6.29 Å². The molecule has 0 spiro atoms. The van der Waals surface area contributed by atoms with Gasteiger partial charge in [0.05, 0.1) is 13.2 Å². The zero-order valence-electron chi connectivity index (χ0n) is 22.9. The van der Waals surface area contributed by atoms with Gasteiger partial charge in [-0.1, -0.05) is 70.4 Å². The Bertz CT molecular complexity index is 742. The first-order valence-corrected chi connectivity index (χ1v) is 15.8. The molecule has 0 bridgehead atoms. The molecular formula is C27H50O10S. The first-order valence-electron chi connectivity index (χ1n) is 14.2. The predicted molar refractivity (Wildman–Crippen MR) is 144 cm³/mol. The Hall–Kier alpha value is -1.08. The monoisotopic (exact) mass is 566 g/mol. The number of hydrogen-bond donors (Lipinski definition) is 4. The van der Waals surface area contributed by atoms with Crippen LogP contribution >= 0.6 is 0 Å². The van der Waals surface area contributed by atoms with Crippen molar-refractivity contribution in [1.29, 1.82) is 0 Å². The topological polar surface area (TPSA) is 160 Å². The van der Waals surface area contributed by atoms with E-state index in [0.717, 1.165) is 32.1 Å². The van der Waals surface area contributed by atoms with Crippen molar-refractivity contribution in [2.45, 2.75) is 134 Å². The summed E-state index contributed by atoms with van der Waals surface area (Å²) in [6.45, 7) is 2.35. The predicted octanol–water partition coefficient (Wildman–Crippen LogP) is 3.67. The number of aliphatic hydroxyl groups is 3. The molecule has 4 N–H and O–H groups in total. The van der Waals surface area contributed by atoms with Gasteiger partial charge in [-0.2, -0.15) is 8.42 Å². The third kappa shape index (κ3) is 16.8. The van der Waals surface area contributed by atoms with E-state index in [0.29, 0.717) is 12.8 Å². The summed E-state index contributed by atoms with van der Waals surface area (Å²) in [5.41, 5.74) is 0. The molecule has 1 rings (SSSR count). The van der Waals surface area contributed by atoms with Crippen LogP contribution in [0.5, 0.6) is 0 Å². The number of rotatable bonds is 22. The number of unbranched alkanes of at least 4 members (excludes halogenated alkanes) is 11. The molecule has 1 saturated heterocycles. The molecule has 0 amide bonds. The molecule has 1 aliphatic heterocycles. The minimum absolute atomic E-state index is 0.00379. The van der Waals surface area contributed by atoms with Crippen molar-refractivity contribution in [2.24, 2.45) is 0 Å². The van der Waals surface area contributed by atoms with Crippen LogP contribution in [0.25, 0.3) is 0 Å². The summed E-state index contributed by atoms with van der Waals surface area (Å²) in [7, 11) is -4.48. The van der Waals surface area contributed by atoms with Gasteiger partial charge < -0.3 is 29.5 Å². The molecule has 0 radical (unpaired) electrons. The molecule has 1 fully saturated rings. The van der Waals surface area contributed by atoms with Crippen LogP contribution in [0.3, 0.4) is 0 Å². The van der Waals surface area contributed by atoms with E-state index >= 15 is 0 Å². The van der Waals surface area contributed by atoms with E-state index in [-0.39, 0.29) is 19.2 Å². The van der Waals surface area contributed by atoms with Crippen molar-refractivity contribution in [3.05, 3.63) is 12.2 Å². The Morgan fingerprint density at radius 1 is 0.789 bits per heavy atom. The minimum Gasteiger partial charge on any atom is -0.466 e. The van der Waals surface area contributed by atoms with Gasteiger partial charge in [-0.15, -0.1) is 0 Å². The summed E-state index contributed by atoms with van der Waals surface area (Å²) in [4.78, 5) is 11.9. The summed E-state index contributed by atoms with van der Waals surface area (Å²) in [6.07, 6.45) is 12.8. The molecule has 0 aliphatic carbocycles. The standard InChI is InChI=1S/C27H50O10S/c1-2-3-4-5-6-7-8-9-10-11-12-13-14-15-16-18-23(28)35-19-17-20-36-27-26(31)25(30)24(29)22(37-27)21-38(32,33)34/h9-10,22,24-27,29-31H,2-8,11-21H2,1H3,(H,32,33,34)/t22-,24-,25+,26-,27+/m1/s1. The van der Waals surface area contributed by atoms with E-state index in [1.54, 1.807) is 0 Å². The van der Waals surface area contributed by atoms with Gasteiger partial charge in [-0.05, 0) is 32.1 Å². The molecule has 0 aromatic heterocycles. The number of esters is 1. The van der Waals surface area contributed by atoms with Crippen LogP contribution in [0.1, 0.15) is 103 Å². The largest absolute Gasteiger partial charge is 0.466 e. The first kappa shape index (κ1) is 34.9. The van der Waals surface area contributed by atoms with Gasteiger partial charge in [-0.3, -0.25) is 9.35 Å². The average Bonchev–Trinajstić information content (AvgIpc) is 2.86. The molecule has 5 atom stereocenters. The third-order valence-electron chi connectivity index (χ3n) is 6.52. The van der Waals surface area contributed by atoms with E-state index in [2.05, 4.69) is 19.1 Å². The second-order valence-electron chi connectivity index (χ2n) is 10.0. The molecule has 10 nitrogen and oxygen atoms in total. The SMILES string of the molecule is CCCCCCCCC=CCCCCCCCC(=O)OCCCO[C@H]1O[C@H](CS(=O)(=O)O)[C@@H](O)[C@H](O)[C@H]1O. The Labute approximate surface area is 228 Å². The Morgan fingerprint density at radius 2 is 1.37 bits per heavy atom. The van der Waals surface area contributed by atoms with Crippen LogP contribution in [0.2, 0.25) is 0 Å². The molecule has 0 aromatic carbocycles. The zero-order chi connectivity index (χ0) is 28.2. The molecular weight excluding hydrogens is 516 g/mol. The van der Waals surface area contributed by atoms with Crippen LogP contribution < -0.4 is 0 Å². The van der Waals surface area contributed by atoms with Gasteiger partial charge >= 0.3 is 5.97 Å². The van der Waals surface area contributed by atoms with Crippen LogP contribution in [0, 0.1) is 0 Å². The normalized spacial score (nSPS) is 24.2. The second-order valence-corrected chi connectivity index (χ2v) is 11.5. The molecule has 0 aromatic rings. The summed E-state index contributed by atoms with van der Waals surface area (Å²) in [5, 5.41) is 29.7. The van der Waals surface area contributed by atoms with Gasteiger partial charge in [-0.25, -0.2) is 0 Å². The number of carbonyl (C=O) groups is 1. The van der Waals surface area contributed by atoms with Crippen molar-refractivity contribution in [1.82, 2.24) is 0 Å². The van der Waals surface area contributed by atoms with Crippen molar-refractivity contribution in [3.63, 3.8) is 0 Å². The van der Waals surface area contributed by atoms with Crippen molar-refractivity contribution in [2.75, 3.05) is 19.0 Å². The van der Waals surface area contributed by atoms with E-state index in [9.17, 15) is 28.5 Å². The lowest BCUT2D eigenvalue weighted by atomic mass is 10.00. The maximum Gasteiger partial charge on any atom is 0.305 e. The quantitative estimate of drug-likeness (QED) is 0.0659. The number of allylic oxidation sites excluding steroid dienone is 2. The van der Waals surface area contributed by atoms with Crippen LogP contribution in [-0.2, 0) is 29.1 Å². The maximum absolute atomic E-state index is 11.9. The number of ether oxygens (including phenoxy) is 3. The highest BCUT2D eigenvalue weighted by Crippen LogP contribution is 2.23. The van der Waals surface area contributed by atoms with Crippen LogP contribution in [0.4, 0.5) is 0 Å². The summed E-state index contributed by atoms with van der Waals surface area (Å²) in [6, 6.07) is 0. The summed E-state index contributed by atoms with van der Waals surface area (Å²) < 4.78 is 46.7. The fourth-order valence-corrected chi connectivity index (χ4v) is 4.95. The fraction of sp³-hybridized carbons (Fsp3) is 0.889. The lowest BCUT2D eigenvalue weighted by molar-refractivity contribution is -0.292. The van der Waals surface area contributed by atoms with Crippen LogP contribution in [0.15, 0.2) is 12.2 Å². The third-order valence-corrected chi connectivity index (χ3v) is 7.27. The molecule has 224 valence electrons. The van der Waals surface area contributed by atoms with Crippen molar-refractivity contribution >= 4 is 16.1 Å². The number of carbonyl (C=O) groups excluding carboxylic acids is 1. The second kappa shape index (κ2) is 20.8. The molecule has 1 aliphatic rings. The van der Waals surface area contributed by atoms with Crippen molar-refractivity contribution in [3.8, 4) is 0 Å². The van der Waals surface area contributed by atoms with Gasteiger partial charge in [0, 0.05) is 12.8 Å². The Morgan fingerprint density at radius 3 is 1.97 bits per heavy atom. The fourth-order valence-electron chi connectivity index (χ4n) is 4.26.